The lowest BCUT2D eigenvalue weighted by molar-refractivity contribution is -0.121. The van der Waals surface area contributed by atoms with E-state index in [-0.39, 0.29) is 5.91 Å². The lowest BCUT2D eigenvalue weighted by atomic mass is 10.0. The molecule has 0 spiro atoms. The zero-order valence-electron chi connectivity index (χ0n) is 16.3. The largest absolute Gasteiger partial charge is 0.444 e. The van der Waals surface area contributed by atoms with Crippen LogP contribution in [0.25, 0.3) is 0 Å². The van der Waals surface area contributed by atoms with E-state index in [1.54, 1.807) is 52.9 Å². The van der Waals surface area contributed by atoms with Crippen LogP contribution in [0.2, 0.25) is 0 Å². The number of benzene rings is 1. The van der Waals surface area contributed by atoms with Gasteiger partial charge in [-0.3, -0.25) is 4.79 Å². The van der Waals surface area contributed by atoms with Crippen molar-refractivity contribution in [1.82, 2.24) is 10.3 Å². The van der Waals surface area contributed by atoms with Crippen LogP contribution in [0.4, 0.5) is 22.0 Å². The smallest absolute Gasteiger partial charge is 0.408 e. The molecule has 0 saturated carbocycles. The van der Waals surface area contributed by atoms with Crippen molar-refractivity contribution in [2.75, 3.05) is 10.6 Å². The number of aromatic nitrogens is 1. The highest BCUT2D eigenvalue weighted by Crippen LogP contribution is 2.17. The van der Waals surface area contributed by atoms with E-state index in [2.05, 4.69) is 20.9 Å². The molecule has 1 aromatic carbocycles. The molecule has 2 amide bonds. The Morgan fingerprint density at radius 2 is 1.59 bits per heavy atom. The summed E-state index contributed by atoms with van der Waals surface area (Å²) in [6, 6.07) is 13.2. The highest BCUT2D eigenvalue weighted by molar-refractivity contribution is 5.99. The average Bonchev–Trinajstić information content (AvgIpc) is 2.55. The number of carbonyl (C=O) groups excluding carboxylic acids is 2. The number of anilines is 3. The molecule has 27 heavy (non-hydrogen) atoms. The predicted molar refractivity (Wildman–Crippen MR) is 106 cm³/mol. The van der Waals surface area contributed by atoms with Crippen molar-refractivity contribution in [2.24, 2.45) is 0 Å². The first-order valence-corrected chi connectivity index (χ1v) is 8.66. The van der Waals surface area contributed by atoms with Gasteiger partial charge in [0.25, 0.3) is 0 Å². The molecule has 0 saturated heterocycles. The van der Waals surface area contributed by atoms with Crippen LogP contribution in [-0.4, -0.2) is 28.1 Å². The standard InChI is InChI=1S/C20H26N4O3/c1-19(2,3)27-18(26)24-20(4,5)17(25)23-15-11-12-16(21-13-15)22-14-9-7-6-8-10-14/h6-13H,1-5H3,(H,21,22)(H,23,25)(H,24,26). The summed E-state index contributed by atoms with van der Waals surface area (Å²) in [6.07, 6.45) is 0.899. The van der Waals surface area contributed by atoms with E-state index in [4.69, 9.17) is 4.74 Å². The van der Waals surface area contributed by atoms with Gasteiger partial charge in [0, 0.05) is 5.69 Å². The van der Waals surface area contributed by atoms with Crippen molar-refractivity contribution in [3.63, 3.8) is 0 Å². The van der Waals surface area contributed by atoms with Gasteiger partial charge in [-0.1, -0.05) is 18.2 Å². The summed E-state index contributed by atoms with van der Waals surface area (Å²) in [5.41, 5.74) is -0.340. The molecular weight excluding hydrogens is 344 g/mol. The zero-order chi connectivity index (χ0) is 20.1. The molecule has 2 rings (SSSR count). The normalized spacial score (nSPS) is 11.4. The molecule has 0 bridgehead atoms. The van der Waals surface area contributed by atoms with Crippen LogP contribution in [0.1, 0.15) is 34.6 Å². The molecule has 7 nitrogen and oxygen atoms in total. The summed E-state index contributed by atoms with van der Waals surface area (Å²) >= 11 is 0. The van der Waals surface area contributed by atoms with E-state index in [1.165, 1.54) is 0 Å². The lowest BCUT2D eigenvalue weighted by Gasteiger charge is -2.27. The topological polar surface area (TPSA) is 92.3 Å². The van der Waals surface area contributed by atoms with Crippen LogP contribution < -0.4 is 16.0 Å². The third-order valence-corrected chi connectivity index (χ3v) is 3.45. The van der Waals surface area contributed by atoms with Gasteiger partial charge in [-0.2, -0.15) is 0 Å². The Kier molecular flexibility index (Phi) is 6.05. The first-order chi connectivity index (χ1) is 12.5. The fourth-order valence-electron chi connectivity index (χ4n) is 2.11. The maximum absolute atomic E-state index is 12.5. The minimum atomic E-state index is -1.15. The maximum atomic E-state index is 12.5. The molecule has 0 aliphatic carbocycles. The second kappa shape index (κ2) is 8.07. The number of nitrogens with zero attached hydrogens (tertiary/aromatic N) is 1. The van der Waals surface area contributed by atoms with Gasteiger partial charge in [-0.15, -0.1) is 0 Å². The maximum Gasteiger partial charge on any atom is 0.408 e. The van der Waals surface area contributed by atoms with E-state index in [0.29, 0.717) is 11.5 Å². The fraction of sp³-hybridized carbons (Fsp3) is 0.350. The summed E-state index contributed by atoms with van der Waals surface area (Å²) in [4.78, 5) is 28.7. The Morgan fingerprint density at radius 3 is 2.15 bits per heavy atom. The molecule has 7 heteroatoms. The van der Waals surface area contributed by atoms with Crippen LogP contribution in [0.3, 0.4) is 0 Å². The number of pyridine rings is 1. The quantitative estimate of drug-likeness (QED) is 0.738. The predicted octanol–water partition coefficient (Wildman–Crippen LogP) is 4.07. The number of nitrogens with one attached hydrogen (secondary N) is 3. The van der Waals surface area contributed by atoms with Crippen molar-refractivity contribution in [1.29, 1.82) is 0 Å². The minimum absolute atomic E-state index is 0.376. The Labute approximate surface area is 159 Å². The van der Waals surface area contributed by atoms with Crippen molar-refractivity contribution < 1.29 is 14.3 Å². The van der Waals surface area contributed by atoms with Gasteiger partial charge in [0.2, 0.25) is 5.91 Å². The van der Waals surface area contributed by atoms with Gasteiger partial charge in [0.05, 0.1) is 11.9 Å². The molecular formula is C20H26N4O3. The summed E-state index contributed by atoms with van der Waals surface area (Å²) in [5.74, 6) is 0.282. The summed E-state index contributed by atoms with van der Waals surface area (Å²) in [6.45, 7) is 8.49. The van der Waals surface area contributed by atoms with E-state index >= 15 is 0 Å². The first kappa shape index (κ1) is 20.2. The van der Waals surface area contributed by atoms with Crippen LogP contribution >= 0.6 is 0 Å². The van der Waals surface area contributed by atoms with Gasteiger partial charge in [-0.05, 0) is 58.9 Å². The van der Waals surface area contributed by atoms with Crippen molar-refractivity contribution in [3.05, 3.63) is 48.7 Å². The van der Waals surface area contributed by atoms with Crippen molar-refractivity contribution in [3.8, 4) is 0 Å². The zero-order valence-corrected chi connectivity index (χ0v) is 16.3. The Hall–Kier alpha value is -3.09. The molecule has 144 valence electrons. The van der Waals surface area contributed by atoms with Gasteiger partial charge in [0.1, 0.15) is 17.0 Å². The van der Waals surface area contributed by atoms with Crippen LogP contribution in [0.5, 0.6) is 0 Å². The number of hydrogen-bond acceptors (Lipinski definition) is 5. The molecule has 0 radical (unpaired) electrons. The van der Waals surface area contributed by atoms with Gasteiger partial charge >= 0.3 is 6.09 Å². The Balaban J connectivity index is 1.95. The Bertz CT molecular complexity index is 781. The van der Waals surface area contributed by atoms with E-state index in [1.807, 2.05) is 30.3 Å². The average molecular weight is 370 g/mol. The second-order valence-electron chi connectivity index (χ2n) is 7.63. The Morgan fingerprint density at radius 1 is 0.926 bits per heavy atom. The number of carbonyl (C=O) groups is 2. The number of rotatable bonds is 5. The number of alkyl carbamates (subject to hydrolysis) is 1. The first-order valence-electron chi connectivity index (χ1n) is 8.66. The monoisotopic (exact) mass is 370 g/mol. The van der Waals surface area contributed by atoms with Gasteiger partial charge < -0.3 is 20.7 Å². The molecule has 0 atom stereocenters. The van der Waals surface area contributed by atoms with Crippen LogP contribution in [-0.2, 0) is 9.53 Å². The lowest BCUT2D eigenvalue weighted by Crippen LogP contribution is -2.53. The molecule has 1 aromatic heterocycles. The molecule has 0 aliphatic heterocycles. The van der Waals surface area contributed by atoms with Crippen LogP contribution in [0.15, 0.2) is 48.7 Å². The SMILES string of the molecule is CC(C)(C)OC(=O)NC(C)(C)C(=O)Nc1ccc(Nc2ccccc2)nc1. The van der Waals surface area contributed by atoms with Gasteiger partial charge in [-0.25, -0.2) is 9.78 Å². The number of para-hydroxylation sites is 1. The third kappa shape index (κ3) is 6.62. The number of amides is 2. The molecule has 1 heterocycles. The van der Waals surface area contributed by atoms with Gasteiger partial charge in [0.15, 0.2) is 0 Å². The van der Waals surface area contributed by atoms with Crippen molar-refractivity contribution in [2.45, 2.75) is 45.8 Å². The highest BCUT2D eigenvalue weighted by Gasteiger charge is 2.31. The van der Waals surface area contributed by atoms with E-state index in [0.717, 1.165) is 5.69 Å². The van der Waals surface area contributed by atoms with E-state index in [9.17, 15) is 9.59 Å². The van der Waals surface area contributed by atoms with Crippen molar-refractivity contribution >= 4 is 29.2 Å². The summed E-state index contributed by atoms with van der Waals surface area (Å²) < 4.78 is 5.20. The molecule has 2 aromatic rings. The third-order valence-electron chi connectivity index (χ3n) is 3.45. The summed E-state index contributed by atoms with van der Waals surface area (Å²) in [5, 5.41) is 8.48. The fourth-order valence-corrected chi connectivity index (χ4v) is 2.11. The molecule has 0 fully saturated rings. The van der Waals surface area contributed by atoms with Crippen LogP contribution in [0, 0.1) is 0 Å². The molecule has 0 aliphatic rings. The number of ether oxygens (including phenoxy) is 1. The minimum Gasteiger partial charge on any atom is -0.444 e. The molecule has 0 unspecified atom stereocenters. The number of hydrogen-bond donors (Lipinski definition) is 3. The second-order valence-corrected chi connectivity index (χ2v) is 7.63. The molecule has 3 N–H and O–H groups in total. The highest BCUT2D eigenvalue weighted by atomic mass is 16.6. The van der Waals surface area contributed by atoms with E-state index < -0.39 is 17.2 Å². The summed E-state index contributed by atoms with van der Waals surface area (Å²) in [7, 11) is 0.